The molecule has 0 bridgehead atoms. The molecule has 116 valence electrons. The Balaban J connectivity index is 1.88. The molecule has 1 aromatic rings. The number of aliphatic hydroxyl groups is 1. The number of hydrogen-bond acceptors (Lipinski definition) is 3. The first-order chi connectivity index (χ1) is 10.1. The van der Waals surface area contributed by atoms with Crippen molar-refractivity contribution in [2.75, 3.05) is 26.2 Å². The predicted molar refractivity (Wildman–Crippen MR) is 86.4 cm³/mol. The maximum atomic E-state index is 11.4. The van der Waals surface area contributed by atoms with Crippen LogP contribution in [0, 0.1) is 0 Å². The molecule has 1 atom stereocenters. The smallest absolute Gasteiger partial charge is 0.0780 e. The fraction of sp³-hybridized carbons (Fsp3) is 0.667. The number of piperidine rings is 1. The van der Waals surface area contributed by atoms with Crippen LogP contribution in [0.2, 0.25) is 0 Å². The number of aryl methyl sites for hydroxylation is 1. The minimum atomic E-state index is -0.640. The van der Waals surface area contributed by atoms with E-state index in [1.54, 1.807) is 0 Å². The maximum Gasteiger partial charge on any atom is 0.0780 e. The number of nitrogens with two attached hydrogens (primary N) is 1. The topological polar surface area (TPSA) is 49.5 Å². The predicted octanol–water partition coefficient (Wildman–Crippen LogP) is 2.07. The zero-order valence-electron chi connectivity index (χ0n) is 13.1. The Morgan fingerprint density at radius 2 is 1.90 bits per heavy atom. The van der Waals surface area contributed by atoms with Crippen molar-refractivity contribution in [1.29, 1.82) is 0 Å². The average Bonchev–Trinajstić information content (AvgIpc) is 2.90. The molecule has 1 heterocycles. The average molecular weight is 288 g/mol. The summed E-state index contributed by atoms with van der Waals surface area (Å²) in [6.45, 7) is 5.90. The van der Waals surface area contributed by atoms with E-state index in [4.69, 9.17) is 5.73 Å². The first-order valence-electron chi connectivity index (χ1n) is 8.38. The van der Waals surface area contributed by atoms with E-state index >= 15 is 0 Å². The molecule has 1 aromatic carbocycles. The summed E-state index contributed by atoms with van der Waals surface area (Å²) in [5, 5.41) is 11.4. The first-order valence-corrected chi connectivity index (χ1v) is 8.38. The van der Waals surface area contributed by atoms with Gasteiger partial charge in [0, 0.05) is 25.0 Å². The molecule has 1 unspecified atom stereocenters. The van der Waals surface area contributed by atoms with Crippen LogP contribution in [0.25, 0.3) is 0 Å². The van der Waals surface area contributed by atoms with Gasteiger partial charge in [-0.1, -0.05) is 31.2 Å². The summed E-state index contributed by atoms with van der Waals surface area (Å²) in [7, 11) is 0. The summed E-state index contributed by atoms with van der Waals surface area (Å²) in [4.78, 5) is 2.47. The molecule has 0 amide bonds. The molecule has 0 radical (unpaired) electrons. The van der Waals surface area contributed by atoms with E-state index in [1.165, 1.54) is 17.5 Å². The summed E-state index contributed by atoms with van der Waals surface area (Å²) in [5.74, 6) is 0. The standard InChI is InChI=1S/C18H28N2O/c1-2-11-20-12-9-18(21,10-13-20)17(14-19)8-7-15-5-3-4-6-16(15)17/h3-6,21H,2,7-14,19H2,1H3. The van der Waals surface area contributed by atoms with Crippen LogP contribution < -0.4 is 5.73 Å². The summed E-state index contributed by atoms with van der Waals surface area (Å²) in [5.41, 5.74) is 8.03. The minimum absolute atomic E-state index is 0.234. The first kappa shape index (κ1) is 15.0. The molecule has 1 fully saturated rings. The van der Waals surface area contributed by atoms with Crippen molar-refractivity contribution in [3.63, 3.8) is 0 Å². The van der Waals surface area contributed by atoms with Gasteiger partial charge in [-0.05, 0) is 49.8 Å². The van der Waals surface area contributed by atoms with Gasteiger partial charge in [0.1, 0.15) is 0 Å². The van der Waals surface area contributed by atoms with E-state index in [-0.39, 0.29) is 5.41 Å². The van der Waals surface area contributed by atoms with E-state index in [0.717, 1.165) is 45.3 Å². The molecule has 1 saturated heterocycles. The van der Waals surface area contributed by atoms with Gasteiger partial charge in [0.15, 0.2) is 0 Å². The van der Waals surface area contributed by atoms with Crippen molar-refractivity contribution >= 4 is 0 Å². The molecule has 0 saturated carbocycles. The molecule has 3 nitrogen and oxygen atoms in total. The van der Waals surface area contributed by atoms with Crippen molar-refractivity contribution in [2.45, 2.75) is 50.0 Å². The van der Waals surface area contributed by atoms with Crippen LogP contribution in [-0.4, -0.2) is 41.8 Å². The van der Waals surface area contributed by atoms with Crippen LogP contribution in [0.3, 0.4) is 0 Å². The Bertz CT molecular complexity index is 494. The second-order valence-corrected chi connectivity index (χ2v) is 6.82. The van der Waals surface area contributed by atoms with Gasteiger partial charge < -0.3 is 15.7 Å². The number of benzene rings is 1. The van der Waals surface area contributed by atoms with Crippen molar-refractivity contribution in [3.8, 4) is 0 Å². The van der Waals surface area contributed by atoms with E-state index in [1.807, 2.05) is 0 Å². The highest BCUT2D eigenvalue weighted by Gasteiger charge is 2.54. The highest BCUT2D eigenvalue weighted by molar-refractivity contribution is 5.43. The minimum Gasteiger partial charge on any atom is -0.389 e. The summed E-state index contributed by atoms with van der Waals surface area (Å²) in [6.07, 6.45) is 4.92. The van der Waals surface area contributed by atoms with Gasteiger partial charge >= 0.3 is 0 Å². The second-order valence-electron chi connectivity index (χ2n) is 6.82. The van der Waals surface area contributed by atoms with Crippen LogP contribution in [0.5, 0.6) is 0 Å². The number of likely N-dealkylation sites (tertiary alicyclic amines) is 1. The van der Waals surface area contributed by atoms with Gasteiger partial charge in [0.25, 0.3) is 0 Å². The Morgan fingerprint density at radius 3 is 2.57 bits per heavy atom. The highest BCUT2D eigenvalue weighted by atomic mass is 16.3. The number of fused-ring (bicyclic) bond motifs is 1. The van der Waals surface area contributed by atoms with E-state index < -0.39 is 5.60 Å². The van der Waals surface area contributed by atoms with E-state index in [9.17, 15) is 5.11 Å². The van der Waals surface area contributed by atoms with Crippen LogP contribution in [-0.2, 0) is 11.8 Å². The number of nitrogens with zero attached hydrogens (tertiary/aromatic N) is 1. The Kier molecular flexibility index (Phi) is 4.08. The fourth-order valence-corrected chi connectivity index (χ4v) is 4.51. The van der Waals surface area contributed by atoms with Crippen LogP contribution in [0.1, 0.15) is 43.7 Å². The van der Waals surface area contributed by atoms with Gasteiger partial charge in [-0.25, -0.2) is 0 Å². The number of rotatable bonds is 4. The second kappa shape index (κ2) is 5.71. The van der Waals surface area contributed by atoms with Crippen molar-refractivity contribution in [2.24, 2.45) is 5.73 Å². The van der Waals surface area contributed by atoms with Gasteiger partial charge in [0.05, 0.1) is 5.60 Å². The quantitative estimate of drug-likeness (QED) is 0.891. The van der Waals surface area contributed by atoms with Crippen molar-refractivity contribution in [3.05, 3.63) is 35.4 Å². The molecular weight excluding hydrogens is 260 g/mol. The zero-order chi connectivity index (χ0) is 14.9. The molecule has 1 aliphatic carbocycles. The van der Waals surface area contributed by atoms with Crippen LogP contribution in [0.15, 0.2) is 24.3 Å². The Hall–Kier alpha value is -0.900. The molecule has 1 aliphatic heterocycles. The SMILES string of the molecule is CCCN1CCC(O)(C2(CN)CCc3ccccc32)CC1. The molecule has 3 rings (SSSR count). The number of hydrogen-bond donors (Lipinski definition) is 2. The highest BCUT2D eigenvalue weighted by Crippen LogP contribution is 2.49. The van der Waals surface area contributed by atoms with E-state index in [2.05, 4.69) is 36.1 Å². The summed E-state index contributed by atoms with van der Waals surface area (Å²) in [6, 6.07) is 8.57. The van der Waals surface area contributed by atoms with E-state index in [0.29, 0.717) is 6.54 Å². The third-order valence-electron chi connectivity index (χ3n) is 5.82. The summed E-state index contributed by atoms with van der Waals surface area (Å²) < 4.78 is 0. The summed E-state index contributed by atoms with van der Waals surface area (Å²) >= 11 is 0. The monoisotopic (exact) mass is 288 g/mol. The van der Waals surface area contributed by atoms with Crippen LogP contribution >= 0.6 is 0 Å². The Labute approximate surface area is 128 Å². The third-order valence-corrected chi connectivity index (χ3v) is 5.82. The lowest BCUT2D eigenvalue weighted by atomic mass is 9.64. The van der Waals surface area contributed by atoms with Crippen LogP contribution in [0.4, 0.5) is 0 Å². The van der Waals surface area contributed by atoms with Gasteiger partial charge in [-0.2, -0.15) is 0 Å². The van der Waals surface area contributed by atoms with Gasteiger partial charge in [-0.3, -0.25) is 0 Å². The lowest BCUT2D eigenvalue weighted by molar-refractivity contribution is -0.0816. The molecule has 3 heteroatoms. The molecule has 0 aromatic heterocycles. The maximum absolute atomic E-state index is 11.4. The Morgan fingerprint density at radius 1 is 1.19 bits per heavy atom. The molecule has 21 heavy (non-hydrogen) atoms. The van der Waals surface area contributed by atoms with Gasteiger partial charge in [0.2, 0.25) is 0 Å². The zero-order valence-corrected chi connectivity index (χ0v) is 13.1. The lowest BCUT2D eigenvalue weighted by Gasteiger charge is -2.49. The largest absolute Gasteiger partial charge is 0.389 e. The van der Waals surface area contributed by atoms with Crippen molar-refractivity contribution < 1.29 is 5.11 Å². The molecular formula is C18H28N2O. The normalized spacial score (nSPS) is 28.5. The lowest BCUT2D eigenvalue weighted by Crippen LogP contribution is -2.59. The van der Waals surface area contributed by atoms with Crippen molar-refractivity contribution in [1.82, 2.24) is 4.90 Å². The molecule has 0 spiro atoms. The van der Waals surface area contributed by atoms with Gasteiger partial charge in [-0.15, -0.1) is 0 Å². The molecule has 2 aliphatic rings. The fourth-order valence-electron chi connectivity index (χ4n) is 4.51. The third kappa shape index (κ3) is 2.32. The molecule has 3 N–H and O–H groups in total.